The lowest BCUT2D eigenvalue weighted by Crippen LogP contribution is -2.51. The molecule has 1 aliphatic heterocycles. The zero-order valence-electron chi connectivity index (χ0n) is 17.3. The summed E-state index contributed by atoms with van der Waals surface area (Å²) in [7, 11) is 3.12. The van der Waals surface area contributed by atoms with E-state index in [2.05, 4.69) is 18.7 Å². The summed E-state index contributed by atoms with van der Waals surface area (Å²) in [6, 6.07) is 4.12. The Morgan fingerprint density at radius 2 is 1.68 bits per heavy atom. The number of amides is 1. The number of Topliss-reactive ketones (excluding diaryl/α,β-unsaturated/α-hetero) is 1. The number of piperazine rings is 1. The summed E-state index contributed by atoms with van der Waals surface area (Å²) < 4.78 is 10.6. The van der Waals surface area contributed by atoms with Gasteiger partial charge >= 0.3 is 0 Å². The van der Waals surface area contributed by atoms with Crippen molar-refractivity contribution in [1.29, 1.82) is 0 Å². The van der Waals surface area contributed by atoms with Crippen molar-refractivity contribution in [1.82, 2.24) is 9.80 Å². The lowest BCUT2D eigenvalue weighted by Gasteiger charge is -2.38. The van der Waals surface area contributed by atoms with Gasteiger partial charge in [-0.2, -0.15) is 0 Å². The average molecular weight is 386 g/mol. The lowest BCUT2D eigenvalue weighted by atomic mass is 10.1. The average Bonchev–Trinajstić information content (AvgIpc) is 3.02. The molecule has 3 rings (SSSR count). The second-order valence-electron chi connectivity index (χ2n) is 7.37. The van der Waals surface area contributed by atoms with E-state index in [0.717, 1.165) is 31.5 Å². The molecule has 0 saturated carbocycles. The van der Waals surface area contributed by atoms with Crippen LogP contribution in [-0.4, -0.2) is 67.9 Å². The van der Waals surface area contributed by atoms with Crippen LogP contribution in [0.5, 0.6) is 11.5 Å². The molecule has 0 N–H and O–H groups in total. The molecule has 2 aliphatic rings. The maximum atomic E-state index is 12.8. The normalized spacial score (nSPS) is 18.7. The van der Waals surface area contributed by atoms with Crippen LogP contribution in [0, 0.1) is 0 Å². The second-order valence-corrected chi connectivity index (χ2v) is 7.37. The molecule has 1 heterocycles. The smallest absolute Gasteiger partial charge is 0.247 e. The predicted octanol–water partition coefficient (Wildman–Crippen LogP) is 2.70. The van der Waals surface area contributed by atoms with Crippen LogP contribution in [-0.2, 0) is 11.2 Å². The maximum absolute atomic E-state index is 12.8. The first-order chi connectivity index (χ1) is 13.5. The highest BCUT2D eigenvalue weighted by Crippen LogP contribution is 2.36. The van der Waals surface area contributed by atoms with Gasteiger partial charge < -0.3 is 14.4 Å². The Kier molecular flexibility index (Phi) is 6.39. The summed E-state index contributed by atoms with van der Waals surface area (Å²) in [5.41, 5.74) is 2.01. The molecule has 152 valence electrons. The van der Waals surface area contributed by atoms with Gasteiger partial charge in [-0.1, -0.05) is 13.8 Å². The van der Waals surface area contributed by atoms with E-state index in [0.29, 0.717) is 48.2 Å². The summed E-state index contributed by atoms with van der Waals surface area (Å²) in [6.07, 6.45) is 4.24. The van der Waals surface area contributed by atoms with E-state index in [9.17, 15) is 9.59 Å². The van der Waals surface area contributed by atoms with Crippen LogP contribution in [0.1, 0.15) is 42.6 Å². The molecule has 1 aromatic carbocycles. The van der Waals surface area contributed by atoms with Gasteiger partial charge in [0.15, 0.2) is 17.3 Å². The lowest BCUT2D eigenvalue weighted by molar-refractivity contribution is -0.128. The molecule has 0 radical (unpaired) electrons. The summed E-state index contributed by atoms with van der Waals surface area (Å²) in [5, 5.41) is 0. The molecule has 0 atom stereocenters. The van der Waals surface area contributed by atoms with E-state index in [1.165, 1.54) is 6.08 Å². The minimum atomic E-state index is -0.0973. The quantitative estimate of drug-likeness (QED) is 0.704. The van der Waals surface area contributed by atoms with Crippen molar-refractivity contribution in [3.8, 4) is 11.5 Å². The third kappa shape index (κ3) is 3.92. The predicted molar refractivity (Wildman–Crippen MR) is 108 cm³/mol. The van der Waals surface area contributed by atoms with Crippen molar-refractivity contribution in [2.45, 2.75) is 39.2 Å². The Morgan fingerprint density at radius 1 is 1.07 bits per heavy atom. The SMILES string of the molecule is CCC(CC)N1CCN(C(=O)/C=C2/Cc3cc(OC)c(OC)cc3C2=O)CC1. The highest BCUT2D eigenvalue weighted by Gasteiger charge is 2.29. The molecule has 28 heavy (non-hydrogen) atoms. The van der Waals surface area contributed by atoms with E-state index < -0.39 is 0 Å². The van der Waals surface area contributed by atoms with Crippen molar-refractivity contribution in [2.24, 2.45) is 0 Å². The molecule has 1 amide bonds. The van der Waals surface area contributed by atoms with Gasteiger partial charge in [0.2, 0.25) is 5.91 Å². The van der Waals surface area contributed by atoms with Crippen LogP contribution in [0.3, 0.4) is 0 Å². The second kappa shape index (κ2) is 8.78. The van der Waals surface area contributed by atoms with Crippen molar-refractivity contribution in [2.75, 3.05) is 40.4 Å². The molecule has 0 aromatic heterocycles. The van der Waals surface area contributed by atoms with Crippen molar-refractivity contribution < 1.29 is 19.1 Å². The Morgan fingerprint density at radius 3 is 2.25 bits per heavy atom. The topological polar surface area (TPSA) is 59.1 Å². The highest BCUT2D eigenvalue weighted by molar-refractivity contribution is 6.16. The number of nitrogens with zero attached hydrogens (tertiary/aromatic N) is 2. The van der Waals surface area contributed by atoms with Gasteiger partial charge in [0.05, 0.1) is 14.2 Å². The highest BCUT2D eigenvalue weighted by atomic mass is 16.5. The monoisotopic (exact) mass is 386 g/mol. The molecule has 1 saturated heterocycles. The van der Waals surface area contributed by atoms with E-state index in [-0.39, 0.29) is 11.7 Å². The zero-order valence-corrected chi connectivity index (χ0v) is 17.3. The number of hydrogen-bond acceptors (Lipinski definition) is 5. The Bertz CT molecular complexity index is 775. The number of allylic oxidation sites excluding steroid dienone is 1. The first-order valence-corrected chi connectivity index (χ1v) is 10.0. The number of carbonyl (C=O) groups excluding carboxylic acids is 2. The number of ether oxygens (including phenoxy) is 2. The van der Waals surface area contributed by atoms with Crippen molar-refractivity contribution in [3.05, 3.63) is 34.9 Å². The first-order valence-electron chi connectivity index (χ1n) is 10.0. The number of rotatable bonds is 6. The first kappa shape index (κ1) is 20.4. The fraction of sp³-hybridized carbons (Fsp3) is 0.545. The van der Waals surface area contributed by atoms with Crippen LogP contribution < -0.4 is 9.47 Å². The van der Waals surface area contributed by atoms with E-state index in [1.54, 1.807) is 20.3 Å². The molecular weight excluding hydrogens is 356 g/mol. The fourth-order valence-electron chi connectivity index (χ4n) is 4.21. The van der Waals surface area contributed by atoms with Crippen LogP contribution >= 0.6 is 0 Å². The van der Waals surface area contributed by atoms with Gasteiger partial charge in [-0.3, -0.25) is 14.5 Å². The number of fused-ring (bicyclic) bond motifs is 1. The standard InChI is InChI=1S/C22H30N2O4/c1-5-17(6-2)23-7-9-24(10-8-23)21(25)13-16-11-15-12-19(27-3)20(28-4)14-18(15)22(16)26/h12-14,17H,5-11H2,1-4H3/b16-13-. The van der Waals surface area contributed by atoms with Gasteiger partial charge in [0, 0.05) is 55.9 Å². The fourth-order valence-corrected chi connectivity index (χ4v) is 4.21. The molecule has 0 unspecified atom stereocenters. The van der Waals surface area contributed by atoms with Crippen LogP contribution in [0.15, 0.2) is 23.8 Å². The Balaban J connectivity index is 1.69. The van der Waals surface area contributed by atoms with E-state index in [1.807, 2.05) is 11.0 Å². The van der Waals surface area contributed by atoms with Gasteiger partial charge in [0.1, 0.15) is 0 Å². The summed E-state index contributed by atoms with van der Waals surface area (Å²) in [4.78, 5) is 29.8. The number of hydrogen-bond donors (Lipinski definition) is 0. The van der Waals surface area contributed by atoms with Gasteiger partial charge in [-0.05, 0) is 30.5 Å². The van der Waals surface area contributed by atoms with Crippen LogP contribution in [0.4, 0.5) is 0 Å². The molecule has 0 spiro atoms. The third-order valence-corrected chi connectivity index (χ3v) is 5.91. The van der Waals surface area contributed by atoms with Gasteiger partial charge in [-0.15, -0.1) is 0 Å². The third-order valence-electron chi connectivity index (χ3n) is 5.91. The molecule has 6 nitrogen and oxygen atoms in total. The summed E-state index contributed by atoms with van der Waals surface area (Å²) in [6.45, 7) is 7.63. The number of ketones is 1. The molecule has 0 bridgehead atoms. The minimum Gasteiger partial charge on any atom is -0.493 e. The van der Waals surface area contributed by atoms with Crippen LogP contribution in [0.25, 0.3) is 0 Å². The summed E-state index contributed by atoms with van der Waals surface area (Å²) in [5.74, 6) is 0.957. The van der Waals surface area contributed by atoms with Gasteiger partial charge in [-0.25, -0.2) is 0 Å². The maximum Gasteiger partial charge on any atom is 0.247 e. The van der Waals surface area contributed by atoms with Gasteiger partial charge in [0.25, 0.3) is 0 Å². The van der Waals surface area contributed by atoms with E-state index in [4.69, 9.17) is 9.47 Å². The minimum absolute atomic E-state index is 0.0701. The Labute approximate surface area is 167 Å². The number of benzene rings is 1. The van der Waals surface area contributed by atoms with Crippen molar-refractivity contribution >= 4 is 11.7 Å². The number of methoxy groups -OCH3 is 2. The summed E-state index contributed by atoms with van der Waals surface area (Å²) >= 11 is 0. The molecule has 1 aliphatic carbocycles. The molecule has 1 fully saturated rings. The van der Waals surface area contributed by atoms with E-state index >= 15 is 0 Å². The molecular formula is C22H30N2O4. The Hall–Kier alpha value is -2.34. The largest absolute Gasteiger partial charge is 0.493 e. The van der Waals surface area contributed by atoms with Crippen molar-refractivity contribution in [3.63, 3.8) is 0 Å². The molecule has 1 aromatic rings. The number of carbonyl (C=O) groups is 2. The van der Waals surface area contributed by atoms with Crippen LogP contribution in [0.2, 0.25) is 0 Å². The molecule has 6 heteroatoms. The zero-order chi connectivity index (χ0) is 20.3.